The number of anilines is 2. The van der Waals surface area contributed by atoms with Crippen molar-refractivity contribution in [2.75, 3.05) is 17.2 Å². The van der Waals surface area contributed by atoms with Crippen molar-refractivity contribution < 1.29 is 4.92 Å². The molecule has 0 aliphatic rings. The van der Waals surface area contributed by atoms with Gasteiger partial charge in [0.15, 0.2) is 5.82 Å². The molecule has 1 aromatic heterocycles. The smallest absolute Gasteiger partial charge is 0.273 e. The van der Waals surface area contributed by atoms with Gasteiger partial charge >= 0.3 is 0 Å². The second-order valence-electron chi connectivity index (χ2n) is 4.24. The molecule has 0 spiro atoms. The number of aryl methyl sites for hydroxylation is 1. The molecule has 0 saturated carbocycles. The van der Waals surface area contributed by atoms with Crippen LogP contribution in [-0.4, -0.2) is 26.2 Å². The molecule has 1 aromatic carbocycles. The molecule has 106 valence electrons. The van der Waals surface area contributed by atoms with Gasteiger partial charge in [-0.15, -0.1) is 0 Å². The summed E-state index contributed by atoms with van der Waals surface area (Å²) in [7, 11) is 1.78. The molecule has 2 N–H and O–H groups in total. The van der Waals surface area contributed by atoms with E-state index in [1.165, 1.54) is 12.1 Å². The molecule has 0 aliphatic heterocycles. The summed E-state index contributed by atoms with van der Waals surface area (Å²) in [5, 5.41) is 21.2. The van der Waals surface area contributed by atoms with Gasteiger partial charge in [0.25, 0.3) is 5.69 Å². The SMILES string of the molecule is CCNc1cc(NCc2ncn(C)n2)cc([N+](=O)[O-])c1. The largest absolute Gasteiger partial charge is 0.385 e. The molecule has 2 aromatic rings. The third kappa shape index (κ3) is 3.44. The van der Waals surface area contributed by atoms with Crippen molar-refractivity contribution in [2.45, 2.75) is 13.5 Å². The summed E-state index contributed by atoms with van der Waals surface area (Å²) in [6.07, 6.45) is 1.61. The minimum Gasteiger partial charge on any atom is -0.385 e. The van der Waals surface area contributed by atoms with Crippen molar-refractivity contribution in [1.82, 2.24) is 14.8 Å². The third-order valence-corrected chi connectivity index (χ3v) is 2.61. The molecule has 0 amide bonds. The number of hydrogen-bond acceptors (Lipinski definition) is 6. The molecule has 0 unspecified atom stereocenters. The van der Waals surface area contributed by atoms with Gasteiger partial charge in [-0.3, -0.25) is 14.8 Å². The lowest BCUT2D eigenvalue weighted by atomic mass is 10.2. The maximum absolute atomic E-state index is 10.9. The fraction of sp³-hybridized carbons (Fsp3) is 0.333. The fourth-order valence-corrected chi connectivity index (χ4v) is 1.77. The van der Waals surface area contributed by atoms with Crippen LogP contribution < -0.4 is 10.6 Å². The summed E-state index contributed by atoms with van der Waals surface area (Å²) in [5.74, 6) is 0.629. The van der Waals surface area contributed by atoms with E-state index in [1.54, 1.807) is 18.1 Å². The molecule has 8 heteroatoms. The number of rotatable bonds is 6. The first kappa shape index (κ1) is 13.8. The van der Waals surface area contributed by atoms with E-state index in [9.17, 15) is 10.1 Å². The van der Waals surface area contributed by atoms with Crippen LogP contribution in [0, 0.1) is 10.1 Å². The first-order valence-electron chi connectivity index (χ1n) is 6.20. The molecule has 2 rings (SSSR count). The van der Waals surface area contributed by atoms with Crippen molar-refractivity contribution in [3.63, 3.8) is 0 Å². The topological polar surface area (TPSA) is 97.9 Å². The molecule has 0 bridgehead atoms. The van der Waals surface area contributed by atoms with E-state index in [2.05, 4.69) is 20.7 Å². The van der Waals surface area contributed by atoms with Crippen LogP contribution in [-0.2, 0) is 13.6 Å². The zero-order chi connectivity index (χ0) is 14.5. The van der Waals surface area contributed by atoms with Crippen LogP contribution in [0.3, 0.4) is 0 Å². The number of benzene rings is 1. The van der Waals surface area contributed by atoms with E-state index < -0.39 is 4.92 Å². The predicted octanol–water partition coefficient (Wildman–Crippen LogP) is 1.77. The maximum atomic E-state index is 10.9. The number of nitrogens with one attached hydrogen (secondary N) is 2. The zero-order valence-electron chi connectivity index (χ0n) is 11.3. The van der Waals surface area contributed by atoms with Gasteiger partial charge in [-0.25, -0.2) is 4.98 Å². The Hall–Kier alpha value is -2.64. The van der Waals surface area contributed by atoms with Gasteiger partial charge in [0.2, 0.25) is 0 Å². The lowest BCUT2D eigenvalue weighted by molar-refractivity contribution is -0.384. The molecule has 8 nitrogen and oxygen atoms in total. The van der Waals surface area contributed by atoms with Crippen molar-refractivity contribution in [3.8, 4) is 0 Å². The Morgan fingerprint density at radius 2 is 2.00 bits per heavy atom. The van der Waals surface area contributed by atoms with Crippen LogP contribution in [0.1, 0.15) is 12.7 Å². The summed E-state index contributed by atoms with van der Waals surface area (Å²) in [6.45, 7) is 3.04. The zero-order valence-corrected chi connectivity index (χ0v) is 11.3. The van der Waals surface area contributed by atoms with Crippen LogP contribution in [0.2, 0.25) is 0 Å². The number of nitro groups is 1. The Labute approximate surface area is 116 Å². The number of nitro benzene ring substituents is 1. The number of non-ortho nitro benzene ring substituents is 1. The standard InChI is InChI=1S/C12H16N6O2/c1-3-13-9-4-10(6-11(5-9)18(19)20)14-7-12-15-8-17(2)16-12/h4-6,8,13-14H,3,7H2,1-2H3. The fourth-order valence-electron chi connectivity index (χ4n) is 1.77. The maximum Gasteiger partial charge on any atom is 0.273 e. The summed E-state index contributed by atoms with van der Waals surface area (Å²) in [4.78, 5) is 14.6. The quantitative estimate of drug-likeness (QED) is 0.616. The normalized spacial score (nSPS) is 10.3. The second kappa shape index (κ2) is 6.00. The molecule has 0 aliphatic carbocycles. The third-order valence-electron chi connectivity index (χ3n) is 2.61. The molecule has 1 heterocycles. The molecule has 20 heavy (non-hydrogen) atoms. The molecular formula is C12H16N6O2. The van der Waals surface area contributed by atoms with E-state index in [0.717, 1.165) is 0 Å². The summed E-state index contributed by atoms with van der Waals surface area (Å²) < 4.78 is 1.61. The monoisotopic (exact) mass is 276 g/mol. The highest BCUT2D eigenvalue weighted by Gasteiger charge is 2.10. The van der Waals surface area contributed by atoms with Crippen molar-refractivity contribution >= 4 is 17.1 Å². The molecule has 0 radical (unpaired) electrons. The first-order valence-corrected chi connectivity index (χ1v) is 6.20. The highest BCUT2D eigenvalue weighted by atomic mass is 16.6. The first-order chi connectivity index (χ1) is 9.58. The van der Waals surface area contributed by atoms with Gasteiger partial charge in [0.1, 0.15) is 6.33 Å². The lowest BCUT2D eigenvalue weighted by Gasteiger charge is -2.08. The summed E-state index contributed by atoms with van der Waals surface area (Å²) >= 11 is 0. The Morgan fingerprint density at radius 1 is 1.30 bits per heavy atom. The van der Waals surface area contributed by atoms with E-state index in [4.69, 9.17) is 0 Å². The van der Waals surface area contributed by atoms with E-state index in [0.29, 0.717) is 30.3 Å². The van der Waals surface area contributed by atoms with Crippen LogP contribution in [0.15, 0.2) is 24.5 Å². The molecule has 0 fully saturated rings. The van der Waals surface area contributed by atoms with E-state index >= 15 is 0 Å². The van der Waals surface area contributed by atoms with Crippen LogP contribution in [0.25, 0.3) is 0 Å². The summed E-state index contributed by atoms with van der Waals surface area (Å²) in [5.41, 5.74) is 1.40. The van der Waals surface area contributed by atoms with Crippen molar-refractivity contribution in [3.05, 3.63) is 40.5 Å². The minimum absolute atomic E-state index is 0.0416. The van der Waals surface area contributed by atoms with Gasteiger partial charge in [-0.1, -0.05) is 0 Å². The van der Waals surface area contributed by atoms with E-state index in [1.807, 2.05) is 13.0 Å². The highest BCUT2D eigenvalue weighted by molar-refractivity contribution is 5.63. The second-order valence-corrected chi connectivity index (χ2v) is 4.24. The summed E-state index contributed by atoms with van der Waals surface area (Å²) in [6, 6.07) is 4.82. The minimum atomic E-state index is -0.412. The molecular weight excluding hydrogens is 260 g/mol. The highest BCUT2D eigenvalue weighted by Crippen LogP contribution is 2.24. The van der Waals surface area contributed by atoms with Gasteiger partial charge in [0, 0.05) is 37.1 Å². The lowest BCUT2D eigenvalue weighted by Crippen LogP contribution is -2.04. The predicted molar refractivity (Wildman–Crippen MR) is 75.6 cm³/mol. The Morgan fingerprint density at radius 3 is 2.55 bits per heavy atom. The van der Waals surface area contributed by atoms with Gasteiger partial charge < -0.3 is 10.6 Å². The molecule has 0 atom stereocenters. The molecule has 0 saturated heterocycles. The number of aromatic nitrogens is 3. The average Bonchev–Trinajstić information content (AvgIpc) is 2.82. The van der Waals surface area contributed by atoms with Crippen LogP contribution in [0.5, 0.6) is 0 Å². The van der Waals surface area contributed by atoms with Gasteiger partial charge in [0.05, 0.1) is 11.5 Å². The van der Waals surface area contributed by atoms with Crippen molar-refractivity contribution in [1.29, 1.82) is 0 Å². The Balaban J connectivity index is 2.15. The number of nitrogens with zero attached hydrogens (tertiary/aromatic N) is 4. The van der Waals surface area contributed by atoms with Crippen molar-refractivity contribution in [2.24, 2.45) is 7.05 Å². The Bertz CT molecular complexity index is 610. The van der Waals surface area contributed by atoms with Gasteiger partial charge in [-0.05, 0) is 13.0 Å². The average molecular weight is 276 g/mol. The van der Waals surface area contributed by atoms with Gasteiger partial charge in [-0.2, -0.15) is 5.10 Å². The Kier molecular flexibility index (Phi) is 4.14. The van der Waals surface area contributed by atoms with Crippen LogP contribution >= 0.6 is 0 Å². The number of hydrogen-bond donors (Lipinski definition) is 2. The van der Waals surface area contributed by atoms with E-state index in [-0.39, 0.29) is 5.69 Å². The van der Waals surface area contributed by atoms with Crippen LogP contribution in [0.4, 0.5) is 17.1 Å².